The van der Waals surface area contributed by atoms with Crippen LogP contribution in [0.2, 0.25) is 0 Å². The molecule has 0 aromatic carbocycles. The molecule has 0 aromatic rings. The number of nitrogens with one attached hydrogen (secondary N) is 5. The van der Waals surface area contributed by atoms with Gasteiger partial charge in [-0.25, -0.2) is 9.59 Å². The summed E-state index contributed by atoms with van der Waals surface area (Å²) >= 11 is 0. The minimum Gasteiger partial charge on any atom is -0.447 e. The topological polar surface area (TPSA) is 175 Å². The van der Waals surface area contributed by atoms with Crippen LogP contribution in [0.25, 0.3) is 0 Å². The Bertz CT molecular complexity index is 1250. The van der Waals surface area contributed by atoms with Crippen LogP contribution >= 0.6 is 0 Å². The van der Waals surface area contributed by atoms with Crippen LogP contribution in [-0.2, 0) is 23.9 Å². The highest BCUT2D eigenvalue weighted by atomic mass is 16.5. The molecule has 2 aliphatic carbocycles. The lowest BCUT2D eigenvalue weighted by atomic mass is 9.70. The highest BCUT2D eigenvalue weighted by Crippen LogP contribution is 2.41. The monoisotopic (exact) mass is 716 g/mol. The van der Waals surface area contributed by atoms with Crippen molar-refractivity contribution in [2.24, 2.45) is 28.6 Å². The lowest BCUT2D eigenvalue weighted by molar-refractivity contribution is -0.144. The van der Waals surface area contributed by atoms with Crippen LogP contribution in [-0.4, -0.2) is 90.9 Å². The lowest BCUT2D eigenvalue weighted by Crippen LogP contribution is -2.62. The molecule has 13 nitrogen and oxygen atoms in total. The number of carbonyl (C=O) groups excluding carboxylic acids is 6. The summed E-state index contributed by atoms with van der Waals surface area (Å²) in [6, 6.07) is -3.95. The SMILES string of the molecule is C=CCNC(=O)C(=O)C(CCC)NC(=O)C1C[C@@H](C(C)C)CN1C(=O)C(NC(=O)N[C@H](COC(=O)NCC1CC1)C(C)(C)C)C1(C)CCCCC1. The average Bonchev–Trinajstić information content (AvgIpc) is 3.80. The van der Waals surface area contributed by atoms with Gasteiger partial charge in [-0.1, -0.05) is 80.2 Å². The molecule has 1 heterocycles. The Morgan fingerprint density at radius 1 is 0.980 bits per heavy atom. The second-order valence-corrected chi connectivity index (χ2v) is 16.6. The average molecular weight is 717 g/mol. The minimum absolute atomic E-state index is 0.0167. The second-order valence-electron chi connectivity index (χ2n) is 16.6. The number of Topliss-reactive ketones (excluding diaryl/α,β-unsaturated/α-hetero) is 1. The van der Waals surface area contributed by atoms with Crippen LogP contribution < -0.4 is 26.6 Å². The minimum atomic E-state index is -1.04. The van der Waals surface area contributed by atoms with Gasteiger partial charge in [-0.3, -0.25) is 19.2 Å². The number of alkyl carbamates (subject to hydrolysis) is 1. The largest absolute Gasteiger partial charge is 0.447 e. The summed E-state index contributed by atoms with van der Waals surface area (Å²) in [7, 11) is 0. The molecule has 3 aliphatic rings. The van der Waals surface area contributed by atoms with E-state index in [4.69, 9.17) is 4.74 Å². The van der Waals surface area contributed by atoms with E-state index in [-0.39, 0.29) is 37.3 Å². The molecule has 3 unspecified atom stereocenters. The number of likely N-dealkylation sites (tertiary alicyclic amines) is 1. The summed E-state index contributed by atoms with van der Waals surface area (Å²) in [4.78, 5) is 82.0. The van der Waals surface area contributed by atoms with Gasteiger partial charge in [-0.15, -0.1) is 6.58 Å². The van der Waals surface area contributed by atoms with Crippen molar-refractivity contribution in [2.45, 2.75) is 137 Å². The van der Waals surface area contributed by atoms with Crippen molar-refractivity contribution in [3.63, 3.8) is 0 Å². The van der Waals surface area contributed by atoms with Crippen molar-refractivity contribution in [2.75, 3.05) is 26.2 Å². The number of amides is 6. The van der Waals surface area contributed by atoms with E-state index in [0.29, 0.717) is 31.8 Å². The number of ether oxygens (including phenoxy) is 1. The Labute approximate surface area is 304 Å². The summed E-state index contributed by atoms with van der Waals surface area (Å²) in [6.07, 6.45) is 8.65. The molecule has 0 aromatic heterocycles. The molecule has 1 saturated heterocycles. The van der Waals surface area contributed by atoms with Gasteiger partial charge in [0.1, 0.15) is 18.7 Å². The first-order chi connectivity index (χ1) is 24.0. The molecule has 0 spiro atoms. The van der Waals surface area contributed by atoms with Gasteiger partial charge in [-0.2, -0.15) is 0 Å². The Morgan fingerprint density at radius 2 is 1.65 bits per heavy atom. The predicted octanol–water partition coefficient (Wildman–Crippen LogP) is 4.20. The van der Waals surface area contributed by atoms with Crippen molar-refractivity contribution >= 4 is 35.6 Å². The van der Waals surface area contributed by atoms with Crippen molar-refractivity contribution < 1.29 is 33.5 Å². The van der Waals surface area contributed by atoms with Crippen LogP contribution in [0.15, 0.2) is 12.7 Å². The normalized spacial score (nSPS) is 21.8. The van der Waals surface area contributed by atoms with Crippen LogP contribution in [0, 0.1) is 28.6 Å². The van der Waals surface area contributed by atoms with Gasteiger partial charge in [0.25, 0.3) is 5.91 Å². The maximum Gasteiger partial charge on any atom is 0.407 e. The molecule has 5 atom stereocenters. The van der Waals surface area contributed by atoms with Gasteiger partial charge < -0.3 is 36.2 Å². The summed E-state index contributed by atoms with van der Waals surface area (Å²) in [5.41, 5.74) is -1.04. The third-order valence-corrected chi connectivity index (χ3v) is 10.9. The molecular formula is C38H64N6O7. The first-order valence-corrected chi connectivity index (χ1v) is 19.0. The molecule has 3 fully saturated rings. The van der Waals surface area contributed by atoms with Gasteiger partial charge in [-0.05, 0) is 67.1 Å². The van der Waals surface area contributed by atoms with E-state index < -0.39 is 64.7 Å². The van der Waals surface area contributed by atoms with Gasteiger partial charge >= 0.3 is 12.1 Å². The van der Waals surface area contributed by atoms with E-state index in [1.54, 1.807) is 4.90 Å². The number of hydrogen-bond acceptors (Lipinski definition) is 7. The Kier molecular flexibility index (Phi) is 15.3. The van der Waals surface area contributed by atoms with Crippen molar-refractivity contribution in [1.29, 1.82) is 0 Å². The van der Waals surface area contributed by atoms with E-state index in [1.807, 2.05) is 48.5 Å². The Hall–Kier alpha value is -3.64. The molecule has 3 rings (SSSR count). The summed E-state index contributed by atoms with van der Waals surface area (Å²) in [5, 5.41) is 14.1. The zero-order valence-corrected chi connectivity index (χ0v) is 32.0. The molecule has 0 radical (unpaired) electrons. The molecule has 288 valence electrons. The van der Waals surface area contributed by atoms with Crippen LogP contribution in [0.5, 0.6) is 0 Å². The molecular weight excluding hydrogens is 652 g/mol. The third-order valence-electron chi connectivity index (χ3n) is 10.9. The number of hydrogen-bond donors (Lipinski definition) is 5. The third kappa shape index (κ3) is 12.2. The van der Waals surface area contributed by atoms with Gasteiger partial charge in [0.2, 0.25) is 17.6 Å². The molecule has 0 bridgehead atoms. The molecule has 1 aliphatic heterocycles. The van der Waals surface area contributed by atoms with Gasteiger partial charge in [0, 0.05) is 19.6 Å². The number of carbonyl (C=O) groups is 6. The van der Waals surface area contributed by atoms with Crippen LogP contribution in [0.3, 0.4) is 0 Å². The van der Waals surface area contributed by atoms with Crippen LogP contribution in [0.1, 0.15) is 113 Å². The fraction of sp³-hybridized carbons (Fsp3) is 0.789. The van der Waals surface area contributed by atoms with Crippen molar-refractivity contribution in [3.05, 3.63) is 12.7 Å². The quantitative estimate of drug-likeness (QED) is 0.111. The number of ketones is 1. The number of rotatable bonds is 17. The predicted molar refractivity (Wildman–Crippen MR) is 195 cm³/mol. The molecule has 2 saturated carbocycles. The van der Waals surface area contributed by atoms with E-state index in [1.165, 1.54) is 6.08 Å². The summed E-state index contributed by atoms with van der Waals surface area (Å²) < 4.78 is 5.49. The molecule has 51 heavy (non-hydrogen) atoms. The van der Waals surface area contributed by atoms with E-state index in [2.05, 4.69) is 33.2 Å². The van der Waals surface area contributed by atoms with Crippen molar-refractivity contribution in [3.8, 4) is 0 Å². The first kappa shape index (κ1) is 41.8. The van der Waals surface area contributed by atoms with E-state index in [9.17, 15) is 28.8 Å². The summed E-state index contributed by atoms with van der Waals surface area (Å²) in [6.45, 7) is 18.3. The summed E-state index contributed by atoms with van der Waals surface area (Å²) in [5.74, 6) is -1.69. The highest BCUT2D eigenvalue weighted by molar-refractivity contribution is 6.38. The maximum absolute atomic E-state index is 14.8. The fourth-order valence-corrected chi connectivity index (χ4v) is 7.03. The van der Waals surface area contributed by atoms with Crippen LogP contribution in [0.4, 0.5) is 9.59 Å². The molecule has 5 N–H and O–H groups in total. The number of urea groups is 1. The Morgan fingerprint density at radius 3 is 2.22 bits per heavy atom. The van der Waals surface area contributed by atoms with E-state index >= 15 is 0 Å². The van der Waals surface area contributed by atoms with E-state index in [0.717, 1.165) is 44.9 Å². The smallest absolute Gasteiger partial charge is 0.407 e. The number of nitrogens with zero attached hydrogens (tertiary/aromatic N) is 1. The molecule has 6 amide bonds. The van der Waals surface area contributed by atoms with Gasteiger partial charge in [0.05, 0.1) is 12.1 Å². The maximum atomic E-state index is 14.8. The lowest BCUT2D eigenvalue weighted by Gasteiger charge is -2.42. The van der Waals surface area contributed by atoms with Crippen molar-refractivity contribution in [1.82, 2.24) is 31.5 Å². The highest BCUT2D eigenvalue weighted by Gasteiger charge is 2.49. The fourth-order valence-electron chi connectivity index (χ4n) is 7.03. The zero-order chi connectivity index (χ0) is 37.9. The zero-order valence-electron chi connectivity index (χ0n) is 32.0. The Balaban J connectivity index is 1.83. The molecule has 13 heteroatoms. The standard InChI is InChI=1S/C38H64N6O7/c1-9-14-27(30(45)33(47)39-19-10-2)41-32(46)28-20-26(24(3)4)22-44(28)34(48)31(38(8)17-12-11-13-18-38)43-35(49)42-29(37(5,6)7)23-51-36(50)40-21-25-15-16-25/h10,24-29,31H,2,9,11-23H2,1,3-8H3,(H,39,47)(H,40,50)(H,41,46)(H2,42,43,49)/t26-,27?,28?,29-,31?/m1/s1. The second kappa shape index (κ2) is 18.7. The first-order valence-electron chi connectivity index (χ1n) is 19.0. The van der Waals surface area contributed by atoms with Gasteiger partial charge in [0.15, 0.2) is 0 Å².